The van der Waals surface area contributed by atoms with Crippen LogP contribution in [0.1, 0.15) is 132 Å². The number of hydrogen-bond donors (Lipinski definition) is 0. The minimum absolute atomic E-state index is 0.553. The van der Waals surface area contributed by atoms with Crippen LogP contribution in [0.2, 0.25) is 0 Å². The van der Waals surface area contributed by atoms with Crippen LogP contribution in [0.25, 0.3) is 44.5 Å². The maximum Gasteiger partial charge on any atom is 0.132 e. The number of anilines is 3. The molecule has 2 nitrogen and oxygen atoms in total. The zero-order valence-electron chi connectivity index (χ0n) is 46.4. The SMILES string of the molecule is c1ccc(-c2ccc(-c3ccccc3N(c3ccc4c(c3)C3(c5ccccc5O4)c4cc(C5CCCCC5)ccc4-c4ccc(C5CCCCC5)cc43)c3ccc4c(c3)C(c3ccccc3)(c3ccccc3)c3ccccc3-4)cc2)cc1. The second-order valence-corrected chi connectivity index (χ2v) is 23.9. The Hall–Kier alpha value is -8.98. The summed E-state index contributed by atoms with van der Waals surface area (Å²) in [5, 5.41) is 0. The molecule has 0 unspecified atom stereocenters. The number of benzene rings is 11. The lowest BCUT2D eigenvalue weighted by atomic mass is 9.65. The summed E-state index contributed by atoms with van der Waals surface area (Å²) in [7, 11) is 0. The zero-order chi connectivity index (χ0) is 54.2. The first-order valence-electron chi connectivity index (χ1n) is 30.3. The van der Waals surface area contributed by atoms with Crippen molar-refractivity contribution in [3.8, 4) is 56.0 Å². The highest BCUT2D eigenvalue weighted by atomic mass is 16.5. The summed E-state index contributed by atoms with van der Waals surface area (Å²) >= 11 is 0. The summed E-state index contributed by atoms with van der Waals surface area (Å²) in [4.78, 5) is 2.56. The largest absolute Gasteiger partial charge is 0.457 e. The molecule has 2 saturated carbocycles. The molecule has 16 rings (SSSR count). The minimum atomic E-state index is -0.645. The molecule has 1 spiro atoms. The standard InChI is InChI=1S/C80H65NO/c1-6-22-54(23-7-1)57-38-40-58(41-39-57)65-32-17-20-36-76(65)81(63-44-48-69-66-33-16-18-34-70(66)79(74(69)52-63,61-28-12-4-13-29-61)62-30-14-5-15-31-62)64-45-49-78-75(53-64)80(71-35-19-21-37-77(71)82-78)72-50-59(55-24-8-2-9-25-55)42-46-67(72)68-47-43-60(51-73(68)80)56-26-10-3-11-27-56/h1,4-7,12-23,28-53,55-56H,2-3,8-11,24-27H2. The van der Waals surface area contributed by atoms with Gasteiger partial charge in [-0.05, 0) is 163 Å². The fourth-order valence-electron chi connectivity index (χ4n) is 15.9. The van der Waals surface area contributed by atoms with Crippen LogP contribution >= 0.6 is 0 Å². The lowest BCUT2D eigenvalue weighted by molar-refractivity contribution is 0.433. The molecule has 4 aliphatic carbocycles. The summed E-state index contributed by atoms with van der Waals surface area (Å²) in [5.41, 5.74) is 25.2. The summed E-state index contributed by atoms with van der Waals surface area (Å²) in [6.07, 6.45) is 12.8. The lowest BCUT2D eigenvalue weighted by Crippen LogP contribution is -2.33. The maximum absolute atomic E-state index is 7.28. The summed E-state index contributed by atoms with van der Waals surface area (Å²) in [6.45, 7) is 0. The molecule has 1 aliphatic heterocycles. The monoisotopic (exact) mass is 1060 g/mol. The Morgan fingerprint density at radius 1 is 0.293 bits per heavy atom. The fraction of sp³-hybridized carbons (Fsp3) is 0.175. The lowest BCUT2D eigenvalue weighted by Gasteiger charge is -2.41. The van der Waals surface area contributed by atoms with E-state index in [9.17, 15) is 0 Å². The van der Waals surface area contributed by atoms with Gasteiger partial charge in [-0.2, -0.15) is 0 Å². The molecule has 0 bridgehead atoms. The quantitative estimate of drug-likeness (QED) is 0.143. The van der Waals surface area contributed by atoms with Crippen LogP contribution in [-0.2, 0) is 10.8 Å². The average molecular weight is 1060 g/mol. The summed E-state index contributed by atoms with van der Waals surface area (Å²) in [6, 6.07) is 99.2. The molecule has 0 aromatic heterocycles. The van der Waals surface area contributed by atoms with E-state index in [-0.39, 0.29) is 0 Å². The molecule has 0 atom stereocenters. The van der Waals surface area contributed by atoms with E-state index in [1.165, 1.54) is 153 Å². The Morgan fingerprint density at radius 3 is 1.35 bits per heavy atom. The molecular formula is C80H65NO. The van der Waals surface area contributed by atoms with Crippen molar-refractivity contribution >= 4 is 17.1 Å². The van der Waals surface area contributed by atoms with Crippen LogP contribution in [0.15, 0.2) is 261 Å². The van der Waals surface area contributed by atoms with E-state index in [1.807, 2.05) is 0 Å². The number of hydrogen-bond acceptors (Lipinski definition) is 2. The highest BCUT2D eigenvalue weighted by Gasteiger charge is 2.52. The van der Waals surface area contributed by atoms with Crippen molar-refractivity contribution in [2.75, 3.05) is 4.90 Å². The van der Waals surface area contributed by atoms with Gasteiger partial charge in [0.2, 0.25) is 0 Å². The molecule has 0 radical (unpaired) electrons. The summed E-state index contributed by atoms with van der Waals surface area (Å²) in [5.74, 6) is 2.95. The van der Waals surface area contributed by atoms with Gasteiger partial charge in [0, 0.05) is 28.1 Å². The third-order valence-electron chi connectivity index (χ3n) is 19.6. The van der Waals surface area contributed by atoms with E-state index in [0.29, 0.717) is 11.8 Å². The predicted octanol–water partition coefficient (Wildman–Crippen LogP) is 21.4. The molecule has 0 N–H and O–H groups in total. The molecule has 0 saturated heterocycles. The Bertz CT molecular complexity index is 4100. The molecular weight excluding hydrogens is 991 g/mol. The summed E-state index contributed by atoms with van der Waals surface area (Å²) < 4.78 is 7.28. The predicted molar refractivity (Wildman–Crippen MR) is 338 cm³/mol. The van der Waals surface area contributed by atoms with Crippen LogP contribution in [0.3, 0.4) is 0 Å². The van der Waals surface area contributed by atoms with Gasteiger partial charge >= 0.3 is 0 Å². The van der Waals surface area contributed by atoms with E-state index in [2.05, 4.69) is 266 Å². The number of ether oxygens (including phenoxy) is 1. The molecule has 2 fully saturated rings. The van der Waals surface area contributed by atoms with Gasteiger partial charge in [0.25, 0.3) is 0 Å². The topological polar surface area (TPSA) is 12.5 Å². The first-order valence-corrected chi connectivity index (χ1v) is 30.3. The maximum atomic E-state index is 7.28. The van der Waals surface area contributed by atoms with Gasteiger partial charge in [-0.15, -0.1) is 0 Å². The van der Waals surface area contributed by atoms with Crippen molar-refractivity contribution in [1.29, 1.82) is 0 Å². The Labute approximate surface area is 483 Å². The van der Waals surface area contributed by atoms with Gasteiger partial charge in [0.05, 0.1) is 16.5 Å². The van der Waals surface area contributed by atoms with Crippen molar-refractivity contribution in [2.24, 2.45) is 0 Å². The third kappa shape index (κ3) is 7.60. The van der Waals surface area contributed by atoms with Crippen LogP contribution in [0, 0.1) is 0 Å². The van der Waals surface area contributed by atoms with Crippen LogP contribution in [0.4, 0.5) is 17.1 Å². The Morgan fingerprint density at radius 2 is 0.732 bits per heavy atom. The van der Waals surface area contributed by atoms with E-state index in [1.54, 1.807) is 0 Å². The molecule has 11 aromatic carbocycles. The van der Waals surface area contributed by atoms with Gasteiger partial charge in [0.1, 0.15) is 11.5 Å². The normalized spacial score (nSPS) is 16.2. The number of nitrogens with zero attached hydrogens (tertiary/aromatic N) is 1. The molecule has 2 heteroatoms. The molecule has 1 heterocycles. The van der Waals surface area contributed by atoms with Crippen molar-refractivity contribution in [3.63, 3.8) is 0 Å². The minimum Gasteiger partial charge on any atom is -0.457 e. The highest BCUT2D eigenvalue weighted by molar-refractivity contribution is 5.95. The van der Waals surface area contributed by atoms with Gasteiger partial charge in [0.15, 0.2) is 0 Å². The third-order valence-corrected chi connectivity index (χ3v) is 19.6. The van der Waals surface area contributed by atoms with Crippen molar-refractivity contribution in [1.82, 2.24) is 0 Å². The van der Waals surface area contributed by atoms with Crippen LogP contribution in [0.5, 0.6) is 11.5 Å². The Balaban J connectivity index is 0.965. The first-order chi connectivity index (χ1) is 40.7. The van der Waals surface area contributed by atoms with Gasteiger partial charge in [-0.1, -0.05) is 257 Å². The van der Waals surface area contributed by atoms with Gasteiger partial charge in [-0.3, -0.25) is 0 Å². The van der Waals surface area contributed by atoms with Crippen LogP contribution in [-0.4, -0.2) is 0 Å². The Kier molecular flexibility index (Phi) is 11.9. The molecule has 11 aromatic rings. The van der Waals surface area contributed by atoms with E-state index < -0.39 is 10.8 Å². The number of rotatable bonds is 9. The van der Waals surface area contributed by atoms with Crippen molar-refractivity contribution < 1.29 is 4.74 Å². The second kappa shape index (κ2) is 19.9. The second-order valence-electron chi connectivity index (χ2n) is 23.9. The number of fused-ring (bicyclic) bond motifs is 12. The van der Waals surface area contributed by atoms with E-state index in [0.717, 1.165) is 39.7 Å². The smallest absolute Gasteiger partial charge is 0.132 e. The van der Waals surface area contributed by atoms with Gasteiger partial charge < -0.3 is 9.64 Å². The zero-order valence-corrected chi connectivity index (χ0v) is 46.4. The molecule has 0 amide bonds. The number of para-hydroxylation sites is 2. The molecule has 396 valence electrons. The first kappa shape index (κ1) is 48.9. The fourth-order valence-corrected chi connectivity index (χ4v) is 15.9. The molecule has 82 heavy (non-hydrogen) atoms. The van der Waals surface area contributed by atoms with Crippen molar-refractivity contribution in [3.05, 3.63) is 316 Å². The van der Waals surface area contributed by atoms with E-state index >= 15 is 0 Å². The van der Waals surface area contributed by atoms with Crippen molar-refractivity contribution in [2.45, 2.75) is 86.9 Å². The van der Waals surface area contributed by atoms with Gasteiger partial charge in [-0.25, -0.2) is 0 Å². The van der Waals surface area contributed by atoms with E-state index in [4.69, 9.17) is 4.74 Å². The molecule has 5 aliphatic rings. The highest BCUT2D eigenvalue weighted by Crippen LogP contribution is 2.64. The average Bonchev–Trinajstić information content (AvgIpc) is 2.57. The van der Waals surface area contributed by atoms with Crippen LogP contribution < -0.4 is 9.64 Å².